The molecule has 3 heterocycles. The molecule has 3 aromatic rings. The van der Waals surface area contributed by atoms with Crippen molar-refractivity contribution in [2.24, 2.45) is 0 Å². The van der Waals surface area contributed by atoms with Gasteiger partial charge < -0.3 is 9.40 Å². The van der Waals surface area contributed by atoms with Gasteiger partial charge >= 0.3 is 0 Å². The minimum Gasteiger partial charge on any atom is -0.461 e. The summed E-state index contributed by atoms with van der Waals surface area (Å²) in [4.78, 5) is 11.6. The molecule has 4 nitrogen and oxygen atoms in total. The number of rotatable bonds is 1. The Morgan fingerprint density at radius 3 is 2.87 bits per heavy atom. The van der Waals surface area contributed by atoms with Gasteiger partial charge in [0.05, 0.1) is 11.8 Å². The van der Waals surface area contributed by atoms with Crippen molar-refractivity contribution in [2.75, 3.05) is 0 Å². The van der Waals surface area contributed by atoms with E-state index in [2.05, 4.69) is 15.0 Å². The van der Waals surface area contributed by atoms with Crippen LogP contribution >= 0.6 is 12.4 Å². The van der Waals surface area contributed by atoms with Crippen molar-refractivity contribution in [3.63, 3.8) is 0 Å². The number of imidazole rings is 1. The van der Waals surface area contributed by atoms with E-state index in [0.29, 0.717) is 11.5 Å². The molecule has 0 aliphatic heterocycles. The van der Waals surface area contributed by atoms with Crippen molar-refractivity contribution in [2.45, 2.75) is 0 Å². The molecule has 0 atom stereocenters. The summed E-state index contributed by atoms with van der Waals surface area (Å²) < 4.78 is 5.23. The summed E-state index contributed by atoms with van der Waals surface area (Å²) in [5.41, 5.74) is 1.62. The lowest BCUT2D eigenvalue weighted by Crippen LogP contribution is -1.74. The van der Waals surface area contributed by atoms with Crippen molar-refractivity contribution in [3.05, 3.63) is 36.7 Å². The Labute approximate surface area is 91.8 Å². The van der Waals surface area contributed by atoms with Crippen molar-refractivity contribution < 1.29 is 4.42 Å². The van der Waals surface area contributed by atoms with E-state index < -0.39 is 0 Å². The number of H-pyrrole nitrogens is 1. The minimum atomic E-state index is 0. The second-order valence-corrected chi connectivity index (χ2v) is 2.94. The van der Waals surface area contributed by atoms with Gasteiger partial charge in [-0.2, -0.15) is 0 Å². The Balaban J connectivity index is 0.000000853. The lowest BCUT2D eigenvalue weighted by molar-refractivity contribution is 0.578. The van der Waals surface area contributed by atoms with Crippen LogP contribution in [0.4, 0.5) is 0 Å². The fraction of sp³-hybridized carbons (Fsp3) is 0. The third-order valence-electron chi connectivity index (χ3n) is 2.01. The van der Waals surface area contributed by atoms with E-state index in [1.165, 1.54) is 0 Å². The van der Waals surface area contributed by atoms with E-state index in [-0.39, 0.29) is 12.4 Å². The summed E-state index contributed by atoms with van der Waals surface area (Å²) in [5, 5.41) is 0. The Morgan fingerprint density at radius 2 is 2.13 bits per heavy atom. The molecule has 0 saturated heterocycles. The highest BCUT2D eigenvalue weighted by atomic mass is 35.5. The summed E-state index contributed by atoms with van der Waals surface area (Å²) in [6, 6.07) is 7.49. The molecule has 1 N–H and O–H groups in total. The highest BCUT2D eigenvalue weighted by molar-refractivity contribution is 5.85. The van der Waals surface area contributed by atoms with Crippen LogP contribution < -0.4 is 0 Å². The van der Waals surface area contributed by atoms with Crippen molar-refractivity contribution in [1.82, 2.24) is 15.0 Å². The number of pyridine rings is 1. The van der Waals surface area contributed by atoms with E-state index in [1.54, 1.807) is 12.5 Å². The van der Waals surface area contributed by atoms with Crippen molar-refractivity contribution in [1.29, 1.82) is 0 Å². The molecular formula is C10H8ClN3O. The van der Waals surface area contributed by atoms with Gasteiger partial charge in [-0.1, -0.05) is 0 Å². The Morgan fingerprint density at radius 1 is 1.20 bits per heavy atom. The molecule has 76 valence electrons. The maximum absolute atomic E-state index is 5.23. The van der Waals surface area contributed by atoms with Gasteiger partial charge in [0.1, 0.15) is 0 Å². The number of halogens is 1. The molecule has 0 aliphatic carbocycles. The summed E-state index contributed by atoms with van der Waals surface area (Å²) in [7, 11) is 0. The number of furan rings is 1. The topological polar surface area (TPSA) is 54.7 Å². The fourth-order valence-electron chi connectivity index (χ4n) is 1.38. The number of nitrogens with one attached hydrogen (secondary N) is 1. The van der Waals surface area contributed by atoms with Crippen LogP contribution in [0.15, 0.2) is 41.1 Å². The van der Waals surface area contributed by atoms with Gasteiger partial charge in [0.2, 0.25) is 0 Å². The van der Waals surface area contributed by atoms with Gasteiger partial charge in [0, 0.05) is 6.20 Å². The molecule has 0 fully saturated rings. The van der Waals surface area contributed by atoms with Crippen LogP contribution in [0.2, 0.25) is 0 Å². The highest BCUT2D eigenvalue weighted by Crippen LogP contribution is 2.18. The second kappa shape index (κ2) is 3.74. The Kier molecular flexibility index (Phi) is 2.43. The molecule has 0 aliphatic rings. The third-order valence-corrected chi connectivity index (χ3v) is 2.01. The monoisotopic (exact) mass is 221 g/mol. The zero-order chi connectivity index (χ0) is 9.38. The second-order valence-electron chi connectivity index (χ2n) is 2.94. The fourth-order valence-corrected chi connectivity index (χ4v) is 1.38. The molecule has 0 saturated carbocycles. The predicted octanol–water partition coefficient (Wildman–Crippen LogP) is 2.64. The lowest BCUT2D eigenvalue weighted by Gasteiger charge is -1.85. The van der Waals surface area contributed by atoms with Crippen LogP contribution in [0.25, 0.3) is 22.7 Å². The summed E-state index contributed by atoms with van der Waals surface area (Å²) in [6.07, 6.45) is 3.34. The maximum Gasteiger partial charge on any atom is 0.178 e. The normalized spacial score (nSPS) is 10.1. The molecule has 0 amide bonds. The van der Waals surface area contributed by atoms with Gasteiger partial charge in [0.25, 0.3) is 0 Å². The smallest absolute Gasteiger partial charge is 0.178 e. The SMILES string of the molecule is Cl.c1coc(-c2nc3ncccc3[nH]2)c1. The number of hydrogen-bond acceptors (Lipinski definition) is 3. The Hall–Kier alpha value is -1.81. The average molecular weight is 222 g/mol. The summed E-state index contributed by atoms with van der Waals surface area (Å²) in [5.74, 6) is 1.44. The molecule has 0 radical (unpaired) electrons. The first kappa shape index (κ1) is 9.73. The highest BCUT2D eigenvalue weighted by Gasteiger charge is 2.06. The van der Waals surface area contributed by atoms with Crippen molar-refractivity contribution in [3.8, 4) is 11.6 Å². The maximum atomic E-state index is 5.23. The third kappa shape index (κ3) is 1.59. The largest absolute Gasteiger partial charge is 0.461 e. The standard InChI is InChI=1S/C10H7N3O.ClH/c1-3-7-9(11-5-1)13-10(12-7)8-4-2-6-14-8;/h1-6H,(H,11,12,13);1H. The van der Waals surface area contributed by atoms with Crippen LogP contribution in [-0.2, 0) is 0 Å². The molecule has 3 rings (SSSR count). The lowest BCUT2D eigenvalue weighted by atomic mass is 10.4. The van der Waals surface area contributed by atoms with Crippen LogP contribution in [0, 0.1) is 0 Å². The van der Waals surface area contributed by atoms with Gasteiger partial charge in [0.15, 0.2) is 17.2 Å². The first-order valence-electron chi connectivity index (χ1n) is 4.28. The minimum absolute atomic E-state index is 0. The van der Waals surface area contributed by atoms with Crippen LogP contribution in [0.1, 0.15) is 0 Å². The molecular weight excluding hydrogens is 214 g/mol. The van der Waals surface area contributed by atoms with E-state index in [9.17, 15) is 0 Å². The number of hydrogen-bond donors (Lipinski definition) is 1. The van der Waals surface area contributed by atoms with Crippen LogP contribution in [0.3, 0.4) is 0 Å². The van der Waals surface area contributed by atoms with Gasteiger partial charge in [-0.3, -0.25) is 0 Å². The van der Waals surface area contributed by atoms with E-state index in [0.717, 1.165) is 11.3 Å². The summed E-state index contributed by atoms with van der Waals surface area (Å²) >= 11 is 0. The van der Waals surface area contributed by atoms with Crippen LogP contribution in [-0.4, -0.2) is 15.0 Å². The molecule has 5 heteroatoms. The molecule has 0 spiro atoms. The average Bonchev–Trinajstić information content (AvgIpc) is 2.86. The van der Waals surface area contributed by atoms with Crippen molar-refractivity contribution >= 4 is 23.6 Å². The zero-order valence-corrected chi connectivity index (χ0v) is 8.49. The molecule has 0 bridgehead atoms. The van der Waals surface area contributed by atoms with E-state index in [4.69, 9.17) is 4.42 Å². The number of aromatic amines is 1. The summed E-state index contributed by atoms with van der Waals surface area (Å²) in [6.45, 7) is 0. The number of nitrogens with zero attached hydrogens (tertiary/aromatic N) is 2. The number of fused-ring (bicyclic) bond motifs is 1. The quantitative estimate of drug-likeness (QED) is 0.687. The Bertz CT molecular complexity index is 526. The molecule has 15 heavy (non-hydrogen) atoms. The van der Waals surface area contributed by atoms with Gasteiger partial charge in [-0.15, -0.1) is 12.4 Å². The molecule has 0 unspecified atom stereocenters. The molecule has 0 aromatic carbocycles. The van der Waals surface area contributed by atoms with E-state index in [1.807, 2.05) is 24.3 Å². The van der Waals surface area contributed by atoms with Crippen LogP contribution in [0.5, 0.6) is 0 Å². The number of aromatic nitrogens is 3. The first-order valence-corrected chi connectivity index (χ1v) is 4.28. The van der Waals surface area contributed by atoms with E-state index >= 15 is 0 Å². The molecule has 3 aromatic heterocycles. The van der Waals surface area contributed by atoms with Gasteiger partial charge in [-0.25, -0.2) is 9.97 Å². The first-order chi connectivity index (χ1) is 6.93. The van der Waals surface area contributed by atoms with Gasteiger partial charge in [-0.05, 0) is 24.3 Å². The predicted molar refractivity (Wildman–Crippen MR) is 58.8 cm³/mol. The zero-order valence-electron chi connectivity index (χ0n) is 7.68.